The molecule has 1 aromatic rings. The van der Waals surface area contributed by atoms with Crippen LogP contribution < -0.4 is 5.73 Å². The molecule has 22 heavy (non-hydrogen) atoms. The lowest BCUT2D eigenvalue weighted by Gasteiger charge is -2.21. The highest BCUT2D eigenvalue weighted by Crippen LogP contribution is 2.05. The van der Waals surface area contributed by atoms with Gasteiger partial charge in [-0.1, -0.05) is 44.2 Å². The Labute approximate surface area is 140 Å². The predicted octanol–water partition coefficient (Wildman–Crippen LogP) is 2.85. The molecule has 2 N–H and O–H groups in total. The van der Waals surface area contributed by atoms with E-state index in [4.69, 9.17) is 10.5 Å². The maximum Gasteiger partial charge on any atom is 0.224 e. The van der Waals surface area contributed by atoms with E-state index in [1.165, 1.54) is 0 Å². The van der Waals surface area contributed by atoms with Crippen LogP contribution in [0.5, 0.6) is 0 Å². The molecule has 1 unspecified atom stereocenters. The maximum atomic E-state index is 11.9. The Morgan fingerprint density at radius 3 is 2.50 bits per heavy atom. The molecule has 0 radical (unpaired) electrons. The number of benzene rings is 1. The Bertz CT molecular complexity index is 412. The van der Waals surface area contributed by atoms with Crippen LogP contribution in [0.1, 0.15) is 32.3 Å². The number of carbonyl (C=O) groups excluding carboxylic acids is 1. The number of halogens is 1. The predicted molar refractivity (Wildman–Crippen MR) is 93.0 cm³/mol. The lowest BCUT2D eigenvalue weighted by molar-refractivity contribution is -0.131. The molecule has 5 heteroatoms. The molecule has 0 saturated heterocycles. The molecule has 0 bridgehead atoms. The van der Waals surface area contributed by atoms with Crippen molar-refractivity contribution in [3.63, 3.8) is 0 Å². The molecule has 0 spiro atoms. The molecule has 1 amide bonds. The summed E-state index contributed by atoms with van der Waals surface area (Å²) < 4.78 is 5.53. The van der Waals surface area contributed by atoms with Crippen LogP contribution in [0, 0.1) is 5.92 Å². The van der Waals surface area contributed by atoms with Gasteiger partial charge in [-0.15, -0.1) is 12.4 Å². The van der Waals surface area contributed by atoms with E-state index >= 15 is 0 Å². The van der Waals surface area contributed by atoms with Crippen LogP contribution in [-0.4, -0.2) is 37.0 Å². The minimum Gasteiger partial charge on any atom is -0.376 e. The number of nitrogens with two attached hydrogens (primary N) is 1. The van der Waals surface area contributed by atoms with Crippen molar-refractivity contribution >= 4 is 18.3 Å². The summed E-state index contributed by atoms with van der Waals surface area (Å²) in [5, 5.41) is 0. The third-order valence-electron chi connectivity index (χ3n) is 3.65. The standard InChI is InChI=1S/C17H28N2O2.ClH/c1-14(2)16(18)9-11-19(3)17(20)10-12-21-13-15-7-5-4-6-8-15;/h4-8,14,16H,9-13,18H2,1-3H3;1H. The lowest BCUT2D eigenvalue weighted by atomic mass is 10.0. The fraction of sp³-hybridized carbons (Fsp3) is 0.588. The third kappa shape index (κ3) is 8.37. The minimum atomic E-state index is 0. The Balaban J connectivity index is 0.00000441. The van der Waals surface area contributed by atoms with Crippen LogP contribution in [0.4, 0.5) is 0 Å². The van der Waals surface area contributed by atoms with Gasteiger partial charge in [-0.3, -0.25) is 4.79 Å². The second kappa shape index (κ2) is 11.5. The number of amides is 1. The highest BCUT2D eigenvalue weighted by Gasteiger charge is 2.12. The third-order valence-corrected chi connectivity index (χ3v) is 3.65. The summed E-state index contributed by atoms with van der Waals surface area (Å²) in [5.41, 5.74) is 7.11. The summed E-state index contributed by atoms with van der Waals surface area (Å²) in [7, 11) is 1.83. The van der Waals surface area contributed by atoms with E-state index in [0.29, 0.717) is 32.1 Å². The zero-order chi connectivity index (χ0) is 15.7. The first-order chi connectivity index (χ1) is 10.0. The van der Waals surface area contributed by atoms with E-state index in [0.717, 1.165) is 12.0 Å². The number of carbonyl (C=O) groups is 1. The Morgan fingerprint density at radius 1 is 1.27 bits per heavy atom. The van der Waals surface area contributed by atoms with Gasteiger partial charge in [-0.2, -0.15) is 0 Å². The first-order valence-corrected chi connectivity index (χ1v) is 7.62. The second-order valence-electron chi connectivity index (χ2n) is 5.80. The van der Waals surface area contributed by atoms with Gasteiger partial charge in [-0.25, -0.2) is 0 Å². The number of hydrogen-bond acceptors (Lipinski definition) is 3. The van der Waals surface area contributed by atoms with E-state index in [-0.39, 0.29) is 24.4 Å². The molecule has 0 aliphatic carbocycles. The lowest BCUT2D eigenvalue weighted by Crippen LogP contribution is -2.35. The average Bonchev–Trinajstić information content (AvgIpc) is 2.49. The van der Waals surface area contributed by atoms with Crippen molar-refractivity contribution in [3.8, 4) is 0 Å². The van der Waals surface area contributed by atoms with Crippen molar-refractivity contribution in [1.29, 1.82) is 0 Å². The summed E-state index contributed by atoms with van der Waals surface area (Å²) in [4.78, 5) is 13.7. The fourth-order valence-corrected chi connectivity index (χ4v) is 1.92. The van der Waals surface area contributed by atoms with Crippen LogP contribution in [0.3, 0.4) is 0 Å². The van der Waals surface area contributed by atoms with E-state index in [1.807, 2.05) is 37.4 Å². The zero-order valence-electron chi connectivity index (χ0n) is 13.8. The number of rotatable bonds is 9. The average molecular weight is 329 g/mol. The minimum absolute atomic E-state index is 0. The Hall–Kier alpha value is -1.10. The van der Waals surface area contributed by atoms with Crippen molar-refractivity contribution in [1.82, 2.24) is 4.90 Å². The molecule has 0 fully saturated rings. The van der Waals surface area contributed by atoms with Gasteiger partial charge in [0.2, 0.25) is 5.91 Å². The SMILES string of the molecule is CC(C)C(N)CCN(C)C(=O)CCOCc1ccccc1.Cl. The Kier molecular flexibility index (Phi) is 10.9. The topological polar surface area (TPSA) is 55.6 Å². The molecule has 0 aromatic heterocycles. The number of nitrogens with zero attached hydrogens (tertiary/aromatic N) is 1. The monoisotopic (exact) mass is 328 g/mol. The maximum absolute atomic E-state index is 11.9. The second-order valence-corrected chi connectivity index (χ2v) is 5.80. The normalized spacial score (nSPS) is 11.9. The van der Waals surface area contributed by atoms with Crippen LogP contribution in [0.2, 0.25) is 0 Å². The summed E-state index contributed by atoms with van der Waals surface area (Å²) in [6.07, 6.45) is 1.25. The van der Waals surface area contributed by atoms with E-state index in [9.17, 15) is 4.79 Å². The molecule has 1 atom stereocenters. The highest BCUT2D eigenvalue weighted by molar-refractivity contribution is 5.85. The molecular formula is C17H29ClN2O2. The largest absolute Gasteiger partial charge is 0.376 e. The van der Waals surface area contributed by atoms with Gasteiger partial charge in [0.05, 0.1) is 19.6 Å². The molecule has 0 aliphatic rings. The highest BCUT2D eigenvalue weighted by atomic mass is 35.5. The first kappa shape index (κ1) is 20.9. The number of hydrogen-bond donors (Lipinski definition) is 1. The van der Waals surface area contributed by atoms with Gasteiger partial charge in [-0.05, 0) is 17.9 Å². The van der Waals surface area contributed by atoms with E-state index in [1.54, 1.807) is 4.90 Å². The smallest absolute Gasteiger partial charge is 0.224 e. The van der Waals surface area contributed by atoms with Gasteiger partial charge >= 0.3 is 0 Å². The number of ether oxygens (including phenoxy) is 1. The van der Waals surface area contributed by atoms with Gasteiger partial charge in [0.1, 0.15) is 0 Å². The van der Waals surface area contributed by atoms with Gasteiger partial charge in [0, 0.05) is 19.6 Å². The van der Waals surface area contributed by atoms with Crippen molar-refractivity contribution in [2.45, 2.75) is 39.3 Å². The molecule has 4 nitrogen and oxygen atoms in total. The molecule has 0 heterocycles. The van der Waals surface area contributed by atoms with E-state index < -0.39 is 0 Å². The summed E-state index contributed by atoms with van der Waals surface area (Å²) >= 11 is 0. The van der Waals surface area contributed by atoms with Crippen LogP contribution >= 0.6 is 12.4 Å². The van der Waals surface area contributed by atoms with Crippen molar-refractivity contribution < 1.29 is 9.53 Å². The van der Waals surface area contributed by atoms with Gasteiger partial charge < -0.3 is 15.4 Å². The first-order valence-electron chi connectivity index (χ1n) is 7.62. The van der Waals surface area contributed by atoms with Crippen molar-refractivity contribution in [2.75, 3.05) is 20.2 Å². The summed E-state index contributed by atoms with van der Waals surface area (Å²) in [5.74, 6) is 0.557. The van der Waals surface area contributed by atoms with Crippen LogP contribution in [0.25, 0.3) is 0 Å². The molecule has 1 rings (SSSR count). The summed E-state index contributed by atoms with van der Waals surface area (Å²) in [6.45, 7) is 5.91. The van der Waals surface area contributed by atoms with Crippen molar-refractivity contribution in [3.05, 3.63) is 35.9 Å². The van der Waals surface area contributed by atoms with Crippen molar-refractivity contribution in [2.24, 2.45) is 11.7 Å². The molecule has 126 valence electrons. The molecular weight excluding hydrogens is 300 g/mol. The van der Waals surface area contributed by atoms with Crippen LogP contribution in [-0.2, 0) is 16.1 Å². The molecule has 0 saturated carbocycles. The Morgan fingerprint density at radius 2 is 1.91 bits per heavy atom. The quantitative estimate of drug-likeness (QED) is 0.709. The molecule has 1 aromatic carbocycles. The van der Waals surface area contributed by atoms with Gasteiger partial charge in [0.25, 0.3) is 0 Å². The zero-order valence-corrected chi connectivity index (χ0v) is 14.6. The van der Waals surface area contributed by atoms with Gasteiger partial charge in [0.15, 0.2) is 0 Å². The fourth-order valence-electron chi connectivity index (χ4n) is 1.92. The van der Waals surface area contributed by atoms with E-state index in [2.05, 4.69) is 13.8 Å². The summed E-state index contributed by atoms with van der Waals surface area (Å²) in [6, 6.07) is 10.1. The van der Waals surface area contributed by atoms with Crippen LogP contribution in [0.15, 0.2) is 30.3 Å². The molecule has 0 aliphatic heterocycles.